The Labute approximate surface area is 128 Å². The number of hydrogen-bond acceptors (Lipinski definition) is 3. The largest absolute Gasteiger partial charge is 0.382 e. The molecule has 2 N–H and O–H groups in total. The van der Waals surface area contributed by atoms with Crippen molar-refractivity contribution in [1.82, 2.24) is 4.72 Å². The molecule has 1 saturated carbocycles. The number of anilines is 1. The molecule has 1 aliphatic carbocycles. The van der Waals surface area contributed by atoms with Crippen molar-refractivity contribution < 1.29 is 8.42 Å². The maximum Gasteiger partial charge on any atom is 0.240 e. The number of sulfonamides is 1. The number of nitrogens with one attached hydrogen (secondary N) is 2. The molecule has 0 saturated heterocycles. The van der Waals surface area contributed by atoms with E-state index < -0.39 is 10.0 Å². The third kappa shape index (κ3) is 3.98. The van der Waals surface area contributed by atoms with Gasteiger partial charge in [0.15, 0.2) is 0 Å². The van der Waals surface area contributed by atoms with Gasteiger partial charge in [-0.05, 0) is 62.8 Å². The van der Waals surface area contributed by atoms with Gasteiger partial charge in [-0.15, -0.1) is 0 Å². The second-order valence-corrected chi connectivity index (χ2v) is 8.18. The second kappa shape index (κ2) is 6.36. The van der Waals surface area contributed by atoms with Crippen LogP contribution < -0.4 is 10.0 Å². The summed E-state index contributed by atoms with van der Waals surface area (Å²) in [5, 5.41) is 3.53. The Balaban J connectivity index is 2.06. The lowest BCUT2D eigenvalue weighted by atomic mass is 9.98. The van der Waals surface area contributed by atoms with E-state index in [4.69, 9.17) is 0 Å². The fourth-order valence-corrected chi connectivity index (χ4v) is 4.14. The third-order valence-electron chi connectivity index (χ3n) is 4.37. The van der Waals surface area contributed by atoms with Gasteiger partial charge in [0.2, 0.25) is 10.0 Å². The summed E-state index contributed by atoms with van der Waals surface area (Å²) in [6.45, 7) is 8.20. The van der Waals surface area contributed by atoms with Crippen LogP contribution in [0.25, 0.3) is 0 Å². The Kier molecular flexibility index (Phi) is 4.94. The van der Waals surface area contributed by atoms with E-state index in [1.807, 2.05) is 26.0 Å². The number of rotatable bonds is 5. The van der Waals surface area contributed by atoms with Crippen molar-refractivity contribution in [3.05, 3.63) is 24.3 Å². The van der Waals surface area contributed by atoms with Crippen molar-refractivity contribution in [2.24, 2.45) is 11.8 Å². The molecule has 0 aliphatic heterocycles. The minimum Gasteiger partial charge on any atom is -0.382 e. The van der Waals surface area contributed by atoms with Crippen LogP contribution in [-0.2, 0) is 10.0 Å². The molecule has 1 aliphatic rings. The van der Waals surface area contributed by atoms with Gasteiger partial charge < -0.3 is 5.32 Å². The summed E-state index contributed by atoms with van der Waals surface area (Å²) in [6.07, 6.45) is 2.43. The molecule has 1 aromatic carbocycles. The lowest BCUT2D eigenvalue weighted by molar-refractivity contribution is 0.435. The highest BCUT2D eigenvalue weighted by molar-refractivity contribution is 7.89. The van der Waals surface area contributed by atoms with E-state index in [1.54, 1.807) is 12.1 Å². The van der Waals surface area contributed by atoms with Gasteiger partial charge in [0, 0.05) is 17.8 Å². The first-order valence-corrected chi connectivity index (χ1v) is 9.17. The van der Waals surface area contributed by atoms with Crippen molar-refractivity contribution in [2.45, 2.75) is 57.5 Å². The van der Waals surface area contributed by atoms with E-state index in [0.29, 0.717) is 16.9 Å². The van der Waals surface area contributed by atoms with Crippen LogP contribution >= 0.6 is 0 Å². The van der Waals surface area contributed by atoms with Crippen LogP contribution in [-0.4, -0.2) is 20.5 Å². The predicted molar refractivity (Wildman–Crippen MR) is 86.9 cm³/mol. The van der Waals surface area contributed by atoms with Gasteiger partial charge in [-0.2, -0.15) is 0 Å². The summed E-state index contributed by atoms with van der Waals surface area (Å²) < 4.78 is 26.7. The summed E-state index contributed by atoms with van der Waals surface area (Å²) >= 11 is 0. The first kappa shape index (κ1) is 16.3. The van der Waals surface area contributed by atoms with Gasteiger partial charge in [0.05, 0.1) is 4.90 Å². The van der Waals surface area contributed by atoms with Crippen LogP contribution in [0, 0.1) is 11.8 Å². The zero-order valence-corrected chi connectivity index (χ0v) is 14.1. The molecule has 2 rings (SSSR count). The predicted octanol–water partition coefficient (Wildman–Crippen LogP) is 3.22. The first-order valence-electron chi connectivity index (χ1n) is 7.68. The molecule has 21 heavy (non-hydrogen) atoms. The highest BCUT2D eigenvalue weighted by Gasteiger charge is 2.29. The highest BCUT2D eigenvalue weighted by atomic mass is 32.2. The van der Waals surface area contributed by atoms with E-state index in [-0.39, 0.29) is 6.04 Å². The zero-order valence-electron chi connectivity index (χ0n) is 13.3. The van der Waals surface area contributed by atoms with Crippen molar-refractivity contribution in [3.8, 4) is 0 Å². The molecule has 0 amide bonds. The van der Waals surface area contributed by atoms with Gasteiger partial charge in [0.25, 0.3) is 0 Å². The van der Waals surface area contributed by atoms with E-state index in [0.717, 1.165) is 11.6 Å². The summed E-state index contributed by atoms with van der Waals surface area (Å²) in [6, 6.07) is 7.41. The van der Waals surface area contributed by atoms with Crippen LogP contribution in [0.15, 0.2) is 29.2 Å². The highest BCUT2D eigenvalue weighted by Crippen LogP contribution is 2.33. The van der Waals surface area contributed by atoms with Crippen LogP contribution in [0.1, 0.15) is 40.5 Å². The molecule has 5 heteroatoms. The van der Waals surface area contributed by atoms with E-state index in [1.165, 1.54) is 12.8 Å². The van der Waals surface area contributed by atoms with Gasteiger partial charge in [0.1, 0.15) is 0 Å². The minimum absolute atomic E-state index is 0.103. The second-order valence-electron chi connectivity index (χ2n) is 6.46. The van der Waals surface area contributed by atoms with Crippen molar-refractivity contribution in [2.75, 3.05) is 5.32 Å². The van der Waals surface area contributed by atoms with E-state index in [2.05, 4.69) is 23.9 Å². The Morgan fingerprint density at radius 2 is 1.71 bits per heavy atom. The van der Waals surface area contributed by atoms with Gasteiger partial charge >= 0.3 is 0 Å². The fraction of sp³-hybridized carbons (Fsp3) is 0.625. The molecule has 0 aromatic heterocycles. The molecule has 1 fully saturated rings. The Hall–Kier alpha value is -1.07. The molecule has 0 spiro atoms. The summed E-state index contributed by atoms with van der Waals surface area (Å²) in [5.41, 5.74) is 0.990. The molecule has 118 valence electrons. The standard InChI is InChI=1S/C16H26N2O2S/c1-11(2)18-21(19,20)15-8-6-14(7-9-15)17-16-10-5-12(3)13(16)4/h6-9,11-13,16-18H,5,10H2,1-4H3. The summed E-state index contributed by atoms with van der Waals surface area (Å²) in [4.78, 5) is 0.314. The normalized spacial score (nSPS) is 26.2. The summed E-state index contributed by atoms with van der Waals surface area (Å²) in [5.74, 6) is 1.40. The average Bonchev–Trinajstić information content (AvgIpc) is 2.70. The van der Waals surface area contributed by atoms with Gasteiger partial charge in [-0.25, -0.2) is 13.1 Å². The molecule has 1 aromatic rings. The number of hydrogen-bond donors (Lipinski definition) is 2. The van der Waals surface area contributed by atoms with Gasteiger partial charge in [-0.1, -0.05) is 13.8 Å². The van der Waals surface area contributed by atoms with Crippen molar-refractivity contribution >= 4 is 15.7 Å². The van der Waals surface area contributed by atoms with E-state index >= 15 is 0 Å². The molecular formula is C16H26N2O2S. The third-order valence-corrected chi connectivity index (χ3v) is 6.05. The first-order chi connectivity index (χ1) is 9.79. The SMILES string of the molecule is CC(C)NS(=O)(=O)c1ccc(NC2CCC(C)C2C)cc1. The van der Waals surface area contributed by atoms with Crippen LogP contribution in [0.2, 0.25) is 0 Å². The van der Waals surface area contributed by atoms with Crippen molar-refractivity contribution in [3.63, 3.8) is 0 Å². The molecule has 0 heterocycles. The Morgan fingerprint density at radius 1 is 1.10 bits per heavy atom. The maximum atomic E-state index is 12.1. The lowest BCUT2D eigenvalue weighted by Crippen LogP contribution is -2.30. The molecule has 4 nitrogen and oxygen atoms in total. The number of benzene rings is 1. The van der Waals surface area contributed by atoms with Crippen LogP contribution in [0.5, 0.6) is 0 Å². The average molecular weight is 310 g/mol. The topological polar surface area (TPSA) is 58.2 Å². The Morgan fingerprint density at radius 3 is 2.19 bits per heavy atom. The molecule has 3 atom stereocenters. The lowest BCUT2D eigenvalue weighted by Gasteiger charge is -2.21. The maximum absolute atomic E-state index is 12.1. The minimum atomic E-state index is -3.40. The smallest absolute Gasteiger partial charge is 0.240 e. The van der Waals surface area contributed by atoms with Crippen LogP contribution in [0.4, 0.5) is 5.69 Å². The zero-order chi connectivity index (χ0) is 15.6. The monoisotopic (exact) mass is 310 g/mol. The van der Waals surface area contributed by atoms with Gasteiger partial charge in [-0.3, -0.25) is 0 Å². The summed E-state index contributed by atoms with van der Waals surface area (Å²) in [7, 11) is -3.40. The molecule has 3 unspecified atom stereocenters. The quantitative estimate of drug-likeness (QED) is 0.878. The van der Waals surface area contributed by atoms with Crippen LogP contribution in [0.3, 0.4) is 0 Å². The fourth-order valence-electron chi connectivity index (χ4n) is 2.89. The van der Waals surface area contributed by atoms with Crippen molar-refractivity contribution in [1.29, 1.82) is 0 Å². The Bertz CT molecular complexity index is 566. The molecule has 0 bridgehead atoms. The molecule has 0 radical (unpaired) electrons. The van der Waals surface area contributed by atoms with E-state index in [9.17, 15) is 8.42 Å². The molecular weight excluding hydrogens is 284 g/mol.